The number of esters is 1. The maximum atomic E-state index is 13.3. The number of imide groups is 1. The zero-order valence-corrected chi connectivity index (χ0v) is 22.2. The molecule has 1 heterocycles. The SMILES string of the molecule is Cc1cc(Br)cc(C)c1OC(=O)c1ccc(NC2=C(Cl)C(=O)N(c3cccc4ccccc34)C2=O)cc1. The molecule has 0 atom stereocenters. The van der Waals surface area contributed by atoms with Crippen LogP contribution >= 0.6 is 27.5 Å². The zero-order valence-electron chi connectivity index (χ0n) is 19.8. The minimum Gasteiger partial charge on any atom is -0.422 e. The number of hydrogen-bond acceptors (Lipinski definition) is 5. The van der Waals surface area contributed by atoms with E-state index >= 15 is 0 Å². The molecule has 5 rings (SSSR count). The Hall–Kier alpha value is -3.94. The van der Waals surface area contributed by atoms with E-state index in [1.807, 2.05) is 56.3 Å². The van der Waals surface area contributed by atoms with Crippen molar-refractivity contribution in [2.45, 2.75) is 13.8 Å². The number of amides is 2. The van der Waals surface area contributed by atoms with Gasteiger partial charge in [-0.2, -0.15) is 0 Å². The van der Waals surface area contributed by atoms with Crippen molar-refractivity contribution in [1.82, 2.24) is 0 Å². The fraction of sp³-hybridized carbons (Fsp3) is 0.0690. The van der Waals surface area contributed by atoms with Crippen molar-refractivity contribution >= 4 is 67.5 Å². The highest BCUT2D eigenvalue weighted by Crippen LogP contribution is 2.34. The first-order valence-corrected chi connectivity index (χ1v) is 12.5. The summed E-state index contributed by atoms with van der Waals surface area (Å²) in [5, 5.41) is 4.39. The van der Waals surface area contributed by atoms with Gasteiger partial charge in [-0.25, -0.2) is 9.69 Å². The molecule has 0 aliphatic carbocycles. The van der Waals surface area contributed by atoms with Crippen LogP contribution in [0.3, 0.4) is 0 Å². The molecular weight excluding hydrogens is 556 g/mol. The Labute approximate surface area is 226 Å². The van der Waals surface area contributed by atoms with Crippen molar-refractivity contribution in [2.75, 3.05) is 10.2 Å². The highest BCUT2D eigenvalue weighted by Gasteiger charge is 2.39. The van der Waals surface area contributed by atoms with Gasteiger partial charge in [-0.3, -0.25) is 9.59 Å². The Bertz CT molecular complexity index is 1600. The fourth-order valence-corrected chi connectivity index (χ4v) is 5.18. The molecule has 37 heavy (non-hydrogen) atoms. The van der Waals surface area contributed by atoms with Gasteiger partial charge in [0.05, 0.1) is 11.3 Å². The monoisotopic (exact) mass is 574 g/mol. The van der Waals surface area contributed by atoms with E-state index in [0.717, 1.165) is 31.3 Å². The topological polar surface area (TPSA) is 75.7 Å². The van der Waals surface area contributed by atoms with Crippen molar-refractivity contribution in [3.8, 4) is 5.75 Å². The number of nitrogens with one attached hydrogen (secondary N) is 1. The van der Waals surface area contributed by atoms with E-state index in [0.29, 0.717) is 22.7 Å². The minimum atomic E-state index is -0.606. The Kier molecular flexibility index (Phi) is 6.58. The number of anilines is 2. The third-order valence-electron chi connectivity index (χ3n) is 6.04. The summed E-state index contributed by atoms with van der Waals surface area (Å²) in [6.45, 7) is 3.73. The number of nitrogens with zero attached hydrogens (tertiary/aromatic N) is 1. The lowest BCUT2D eigenvalue weighted by atomic mass is 10.1. The van der Waals surface area contributed by atoms with Gasteiger partial charge in [0.25, 0.3) is 11.8 Å². The molecule has 0 saturated heterocycles. The van der Waals surface area contributed by atoms with Gasteiger partial charge in [-0.1, -0.05) is 63.9 Å². The number of carbonyl (C=O) groups excluding carboxylic acids is 3. The normalized spacial score (nSPS) is 13.5. The average molecular weight is 576 g/mol. The molecule has 0 saturated carbocycles. The average Bonchev–Trinajstić information content (AvgIpc) is 3.09. The van der Waals surface area contributed by atoms with Gasteiger partial charge >= 0.3 is 5.97 Å². The molecule has 1 aliphatic rings. The molecule has 0 aromatic heterocycles. The van der Waals surface area contributed by atoms with Crippen LogP contribution in [0.25, 0.3) is 10.8 Å². The number of fused-ring (bicyclic) bond motifs is 1. The molecule has 1 N–H and O–H groups in total. The molecule has 0 fully saturated rings. The first-order chi connectivity index (χ1) is 17.7. The quantitative estimate of drug-likeness (QED) is 0.160. The van der Waals surface area contributed by atoms with Crippen LogP contribution in [0.1, 0.15) is 21.5 Å². The van der Waals surface area contributed by atoms with E-state index in [1.54, 1.807) is 36.4 Å². The van der Waals surface area contributed by atoms with Crippen molar-refractivity contribution in [3.63, 3.8) is 0 Å². The lowest BCUT2D eigenvalue weighted by Gasteiger charge is -2.17. The third-order valence-corrected chi connectivity index (χ3v) is 6.85. The van der Waals surface area contributed by atoms with E-state index in [2.05, 4.69) is 21.2 Å². The minimum absolute atomic E-state index is 0.0314. The highest BCUT2D eigenvalue weighted by molar-refractivity contribution is 9.10. The number of hydrogen-bond donors (Lipinski definition) is 1. The van der Waals surface area contributed by atoms with E-state index < -0.39 is 17.8 Å². The van der Waals surface area contributed by atoms with Crippen LogP contribution in [0, 0.1) is 13.8 Å². The van der Waals surface area contributed by atoms with Crippen LogP contribution in [0.2, 0.25) is 0 Å². The molecule has 6 nitrogen and oxygen atoms in total. The van der Waals surface area contributed by atoms with Crippen molar-refractivity contribution in [3.05, 3.63) is 111 Å². The summed E-state index contributed by atoms with van der Waals surface area (Å²) in [5.74, 6) is -1.16. The maximum Gasteiger partial charge on any atom is 0.343 e. The molecule has 0 bridgehead atoms. The van der Waals surface area contributed by atoms with Crippen molar-refractivity contribution in [2.24, 2.45) is 0 Å². The first kappa shape index (κ1) is 24.7. The second-order valence-corrected chi connectivity index (χ2v) is 9.89. The van der Waals surface area contributed by atoms with Gasteiger partial charge in [0, 0.05) is 15.5 Å². The van der Waals surface area contributed by atoms with Gasteiger partial charge in [0.1, 0.15) is 16.5 Å². The van der Waals surface area contributed by atoms with E-state index in [1.165, 1.54) is 0 Å². The summed E-state index contributed by atoms with van der Waals surface area (Å²) >= 11 is 9.74. The lowest BCUT2D eigenvalue weighted by Crippen LogP contribution is -2.32. The van der Waals surface area contributed by atoms with Gasteiger partial charge < -0.3 is 10.1 Å². The van der Waals surface area contributed by atoms with Gasteiger partial charge in [-0.15, -0.1) is 0 Å². The van der Waals surface area contributed by atoms with Crippen LogP contribution in [0.4, 0.5) is 11.4 Å². The van der Waals surface area contributed by atoms with Crippen LogP contribution in [0.15, 0.2) is 94.1 Å². The number of rotatable bonds is 5. The molecule has 4 aromatic carbocycles. The molecule has 0 unspecified atom stereocenters. The summed E-state index contributed by atoms with van der Waals surface area (Å²) in [6, 6.07) is 23.0. The maximum absolute atomic E-state index is 13.3. The largest absolute Gasteiger partial charge is 0.422 e. The molecule has 0 radical (unpaired) electrons. The number of ether oxygens (including phenoxy) is 1. The summed E-state index contributed by atoms with van der Waals surface area (Å²) < 4.78 is 6.53. The van der Waals surface area contributed by atoms with Gasteiger partial charge in [0.15, 0.2) is 0 Å². The Morgan fingerprint density at radius 2 is 1.54 bits per heavy atom. The number of carbonyl (C=O) groups is 3. The Morgan fingerprint density at radius 1 is 0.892 bits per heavy atom. The van der Waals surface area contributed by atoms with Crippen LogP contribution in [0.5, 0.6) is 5.75 Å². The Balaban J connectivity index is 1.35. The fourth-order valence-electron chi connectivity index (χ4n) is 4.28. The van der Waals surface area contributed by atoms with E-state index in [4.69, 9.17) is 16.3 Å². The van der Waals surface area contributed by atoms with Gasteiger partial charge in [-0.05, 0) is 72.8 Å². The summed E-state index contributed by atoms with van der Waals surface area (Å²) in [6.07, 6.45) is 0. The van der Waals surface area contributed by atoms with Crippen LogP contribution in [-0.2, 0) is 9.59 Å². The lowest BCUT2D eigenvalue weighted by molar-refractivity contribution is -0.120. The van der Waals surface area contributed by atoms with Crippen LogP contribution in [-0.4, -0.2) is 17.8 Å². The molecule has 184 valence electrons. The highest BCUT2D eigenvalue weighted by atomic mass is 79.9. The molecule has 8 heteroatoms. The van der Waals surface area contributed by atoms with Crippen LogP contribution < -0.4 is 15.0 Å². The molecule has 4 aromatic rings. The van der Waals surface area contributed by atoms with Gasteiger partial charge in [0.2, 0.25) is 0 Å². The molecule has 1 aliphatic heterocycles. The molecule has 2 amide bonds. The second kappa shape index (κ2) is 9.84. The summed E-state index contributed by atoms with van der Waals surface area (Å²) in [4.78, 5) is 40.0. The van der Waals surface area contributed by atoms with Crippen molar-refractivity contribution < 1.29 is 19.1 Å². The summed E-state index contributed by atoms with van der Waals surface area (Å²) in [5.41, 5.74) is 2.91. The smallest absolute Gasteiger partial charge is 0.343 e. The summed E-state index contributed by atoms with van der Waals surface area (Å²) in [7, 11) is 0. The van der Waals surface area contributed by atoms with E-state index in [9.17, 15) is 14.4 Å². The second-order valence-electron chi connectivity index (χ2n) is 8.59. The zero-order chi connectivity index (χ0) is 26.3. The Morgan fingerprint density at radius 3 is 2.24 bits per heavy atom. The molecular formula is C29H20BrClN2O4. The standard InChI is InChI=1S/C29H20BrClN2O4/c1-16-14-20(30)15-17(2)26(16)37-29(36)19-10-12-21(13-11-19)32-25-24(31)27(34)33(28(25)35)23-9-5-7-18-6-3-4-8-22(18)23/h3-15,32H,1-2H3. The predicted octanol–water partition coefficient (Wildman–Crippen LogP) is 6.87. The van der Waals surface area contributed by atoms with E-state index in [-0.39, 0.29) is 10.7 Å². The van der Waals surface area contributed by atoms with Crippen molar-refractivity contribution in [1.29, 1.82) is 0 Å². The first-order valence-electron chi connectivity index (χ1n) is 11.4. The third kappa shape index (κ3) is 4.63. The number of halogens is 2. The number of benzene rings is 4. The predicted molar refractivity (Wildman–Crippen MR) is 148 cm³/mol. The number of aryl methyl sites for hydroxylation is 2. The molecule has 0 spiro atoms.